The fourth-order valence-corrected chi connectivity index (χ4v) is 3.90. The van der Waals surface area contributed by atoms with Crippen LogP contribution in [0, 0.1) is 3.57 Å². The molecule has 1 N–H and O–H groups in total. The van der Waals surface area contributed by atoms with Crippen LogP contribution in [0.4, 0.5) is 5.69 Å². The molecule has 0 saturated carbocycles. The number of benzene rings is 3. The first-order valence-electron chi connectivity index (χ1n) is 9.41. The predicted molar refractivity (Wildman–Crippen MR) is 131 cm³/mol. The Bertz CT molecular complexity index is 1300. The van der Waals surface area contributed by atoms with E-state index in [0.717, 1.165) is 3.57 Å². The zero-order valence-electron chi connectivity index (χ0n) is 17.4. The molecule has 0 radical (unpaired) electrons. The summed E-state index contributed by atoms with van der Waals surface area (Å²) in [5.41, 5.74) is 2.78. The lowest BCUT2D eigenvalue weighted by molar-refractivity contribution is 0.102. The van der Waals surface area contributed by atoms with Gasteiger partial charge in [0.05, 0.1) is 31.9 Å². The van der Waals surface area contributed by atoms with Crippen molar-refractivity contribution in [2.75, 3.05) is 26.6 Å². The third-order valence-corrected chi connectivity index (χ3v) is 5.73. The van der Waals surface area contributed by atoms with Crippen molar-refractivity contribution in [2.45, 2.75) is 0 Å². The maximum Gasteiger partial charge on any atom is 0.257 e. The van der Waals surface area contributed by atoms with E-state index in [1.165, 1.54) is 0 Å². The molecule has 0 bridgehead atoms. The van der Waals surface area contributed by atoms with Crippen molar-refractivity contribution in [3.8, 4) is 28.7 Å². The minimum absolute atomic E-state index is 0.304. The maximum atomic E-state index is 12.7. The van der Waals surface area contributed by atoms with E-state index >= 15 is 0 Å². The Morgan fingerprint density at radius 3 is 2.38 bits per heavy atom. The van der Waals surface area contributed by atoms with Gasteiger partial charge in [0.25, 0.3) is 5.91 Å². The highest BCUT2D eigenvalue weighted by Crippen LogP contribution is 2.41. The van der Waals surface area contributed by atoms with Crippen LogP contribution >= 0.6 is 34.2 Å². The van der Waals surface area contributed by atoms with Gasteiger partial charge in [-0.15, -0.1) is 0 Å². The number of fused-ring (bicyclic) bond motifs is 1. The third-order valence-electron chi connectivity index (χ3n) is 4.73. The van der Waals surface area contributed by atoms with Crippen LogP contribution in [0.25, 0.3) is 22.6 Å². The van der Waals surface area contributed by atoms with Gasteiger partial charge in [0.15, 0.2) is 17.1 Å². The van der Waals surface area contributed by atoms with E-state index in [1.807, 2.05) is 6.07 Å². The molecule has 0 aliphatic rings. The van der Waals surface area contributed by atoms with Crippen molar-refractivity contribution >= 4 is 56.9 Å². The molecule has 4 rings (SSSR count). The summed E-state index contributed by atoms with van der Waals surface area (Å²) in [4.78, 5) is 17.2. The Kier molecular flexibility index (Phi) is 6.43. The van der Waals surface area contributed by atoms with Gasteiger partial charge in [-0.2, -0.15) is 0 Å². The number of rotatable bonds is 6. The van der Waals surface area contributed by atoms with Crippen LogP contribution in [0.15, 0.2) is 52.9 Å². The lowest BCUT2D eigenvalue weighted by Gasteiger charge is -2.12. The topological polar surface area (TPSA) is 82.8 Å². The summed E-state index contributed by atoms with van der Waals surface area (Å²) in [6, 6.07) is 14.0. The number of oxazole rings is 1. The van der Waals surface area contributed by atoms with Gasteiger partial charge in [-0.3, -0.25) is 4.79 Å². The van der Waals surface area contributed by atoms with Gasteiger partial charge in [-0.1, -0.05) is 11.6 Å². The van der Waals surface area contributed by atoms with Gasteiger partial charge in [-0.25, -0.2) is 4.98 Å². The molecule has 7 nitrogen and oxygen atoms in total. The zero-order valence-corrected chi connectivity index (χ0v) is 20.3. The Hall–Kier alpha value is -2.98. The van der Waals surface area contributed by atoms with Crippen LogP contribution in [0.3, 0.4) is 0 Å². The number of halogens is 2. The predicted octanol–water partition coefficient (Wildman–Crippen LogP) is 6.03. The average Bonchev–Trinajstić information content (AvgIpc) is 3.23. The Morgan fingerprint density at radius 1 is 1.00 bits per heavy atom. The average molecular weight is 565 g/mol. The highest BCUT2D eigenvalue weighted by Gasteiger charge is 2.18. The molecule has 1 amide bonds. The molecule has 32 heavy (non-hydrogen) atoms. The van der Waals surface area contributed by atoms with E-state index in [-0.39, 0.29) is 5.91 Å². The fraction of sp³-hybridized carbons (Fsp3) is 0.130. The van der Waals surface area contributed by atoms with Crippen LogP contribution in [-0.4, -0.2) is 32.2 Å². The second-order valence-electron chi connectivity index (χ2n) is 6.69. The summed E-state index contributed by atoms with van der Waals surface area (Å²) >= 11 is 8.31. The highest BCUT2D eigenvalue weighted by atomic mass is 127. The highest BCUT2D eigenvalue weighted by molar-refractivity contribution is 14.1. The van der Waals surface area contributed by atoms with Crippen molar-refractivity contribution in [1.82, 2.24) is 4.98 Å². The summed E-state index contributed by atoms with van der Waals surface area (Å²) < 4.78 is 23.0. The normalized spacial score (nSPS) is 10.8. The van der Waals surface area contributed by atoms with E-state index < -0.39 is 0 Å². The van der Waals surface area contributed by atoms with Crippen LogP contribution < -0.4 is 19.5 Å². The number of nitrogens with zero attached hydrogens (tertiary/aromatic N) is 1. The molecular weight excluding hydrogens is 547 g/mol. The molecule has 4 aromatic rings. The Morgan fingerprint density at radius 2 is 1.72 bits per heavy atom. The summed E-state index contributed by atoms with van der Waals surface area (Å²) in [6.45, 7) is 0. The summed E-state index contributed by atoms with van der Waals surface area (Å²) in [7, 11) is 4.63. The van der Waals surface area contributed by atoms with E-state index in [9.17, 15) is 4.79 Å². The lowest BCUT2D eigenvalue weighted by Crippen LogP contribution is -2.12. The molecule has 0 aliphatic carbocycles. The molecule has 0 saturated heterocycles. The SMILES string of the molecule is COc1cc(-c2nc3cc(NC(=O)c4cc(I)ccc4Cl)ccc3o2)cc(OC)c1OC. The van der Waals surface area contributed by atoms with Crippen molar-refractivity contribution in [2.24, 2.45) is 0 Å². The van der Waals surface area contributed by atoms with Gasteiger partial charge in [-0.05, 0) is 71.1 Å². The quantitative estimate of drug-likeness (QED) is 0.288. The number of hydrogen-bond acceptors (Lipinski definition) is 6. The van der Waals surface area contributed by atoms with Gasteiger partial charge in [0, 0.05) is 14.8 Å². The van der Waals surface area contributed by atoms with E-state index in [0.29, 0.717) is 56.1 Å². The summed E-state index contributed by atoms with van der Waals surface area (Å²) in [5, 5.41) is 3.24. The van der Waals surface area contributed by atoms with E-state index in [1.54, 1.807) is 63.8 Å². The zero-order chi connectivity index (χ0) is 22.8. The number of aromatic nitrogens is 1. The van der Waals surface area contributed by atoms with Gasteiger partial charge in [0.2, 0.25) is 11.6 Å². The largest absolute Gasteiger partial charge is 0.493 e. The van der Waals surface area contributed by atoms with Gasteiger partial charge >= 0.3 is 0 Å². The molecule has 0 aliphatic heterocycles. The van der Waals surface area contributed by atoms with Crippen molar-refractivity contribution in [3.63, 3.8) is 0 Å². The maximum absolute atomic E-state index is 12.7. The number of methoxy groups -OCH3 is 3. The summed E-state index contributed by atoms with van der Waals surface area (Å²) in [6.07, 6.45) is 0. The first-order chi connectivity index (χ1) is 15.4. The van der Waals surface area contributed by atoms with Crippen LogP contribution in [-0.2, 0) is 0 Å². The first kappa shape index (κ1) is 22.2. The fourth-order valence-electron chi connectivity index (χ4n) is 3.20. The molecule has 9 heteroatoms. The molecule has 0 spiro atoms. The minimum atomic E-state index is -0.304. The standard InChI is InChI=1S/C23H18ClIN2O5/c1-29-19-8-12(9-20(30-2)21(19)31-3)23-27-17-11-14(5-7-18(17)32-23)26-22(28)15-10-13(25)4-6-16(15)24/h4-11H,1-3H3,(H,26,28). The van der Waals surface area contributed by atoms with Gasteiger partial charge in [0.1, 0.15) is 5.52 Å². The minimum Gasteiger partial charge on any atom is -0.493 e. The molecule has 0 unspecified atom stereocenters. The smallest absolute Gasteiger partial charge is 0.257 e. The van der Waals surface area contributed by atoms with Crippen LogP contribution in [0.2, 0.25) is 5.02 Å². The number of amides is 1. The number of hydrogen-bond donors (Lipinski definition) is 1. The Balaban J connectivity index is 1.67. The molecule has 0 atom stereocenters. The molecular formula is C23H18ClIN2O5. The number of anilines is 1. The third kappa shape index (κ3) is 4.33. The number of carbonyl (C=O) groups excluding carboxylic acids is 1. The van der Waals surface area contributed by atoms with Crippen molar-refractivity contribution in [3.05, 3.63) is 62.7 Å². The number of ether oxygens (including phenoxy) is 3. The van der Waals surface area contributed by atoms with Crippen LogP contribution in [0.1, 0.15) is 10.4 Å². The van der Waals surface area contributed by atoms with Gasteiger partial charge < -0.3 is 23.9 Å². The number of nitrogens with one attached hydrogen (secondary N) is 1. The van der Waals surface area contributed by atoms with E-state index in [2.05, 4.69) is 32.9 Å². The molecule has 1 aromatic heterocycles. The number of carbonyl (C=O) groups is 1. The molecule has 3 aromatic carbocycles. The molecule has 164 valence electrons. The van der Waals surface area contributed by atoms with Crippen molar-refractivity contribution < 1.29 is 23.4 Å². The van der Waals surface area contributed by atoms with Crippen molar-refractivity contribution in [1.29, 1.82) is 0 Å². The second kappa shape index (κ2) is 9.25. The monoisotopic (exact) mass is 564 g/mol. The first-order valence-corrected chi connectivity index (χ1v) is 10.9. The second-order valence-corrected chi connectivity index (χ2v) is 8.35. The lowest BCUT2D eigenvalue weighted by atomic mass is 10.2. The summed E-state index contributed by atoms with van der Waals surface area (Å²) in [5.74, 6) is 1.54. The molecule has 0 fully saturated rings. The van der Waals surface area contributed by atoms with Crippen LogP contribution in [0.5, 0.6) is 17.2 Å². The van der Waals surface area contributed by atoms with E-state index in [4.69, 9.17) is 30.2 Å². The Labute approximate surface area is 202 Å². The molecule has 1 heterocycles.